The van der Waals surface area contributed by atoms with Gasteiger partial charge in [-0.05, 0) is 61.6 Å². The zero-order valence-corrected chi connectivity index (χ0v) is 19.6. The zero-order valence-electron chi connectivity index (χ0n) is 19.6. The van der Waals surface area contributed by atoms with Crippen LogP contribution in [-0.4, -0.2) is 33.0 Å². The molecule has 0 radical (unpaired) electrons. The van der Waals surface area contributed by atoms with E-state index < -0.39 is 0 Å². The minimum absolute atomic E-state index is 0.422. The lowest BCUT2D eigenvalue weighted by atomic mass is 9.69. The van der Waals surface area contributed by atoms with Gasteiger partial charge in [0.1, 0.15) is 6.54 Å². The predicted molar refractivity (Wildman–Crippen MR) is 120 cm³/mol. The molecule has 166 valence electrons. The van der Waals surface area contributed by atoms with Gasteiger partial charge in [0.2, 0.25) is 0 Å². The fraction of sp³-hybridized carbons (Fsp3) is 0.760. The summed E-state index contributed by atoms with van der Waals surface area (Å²) in [5, 5.41) is 2.45. The number of quaternary nitrogens is 1. The third-order valence-corrected chi connectivity index (χ3v) is 6.38. The van der Waals surface area contributed by atoms with Gasteiger partial charge in [-0.1, -0.05) is 34.1 Å². The summed E-state index contributed by atoms with van der Waals surface area (Å²) in [6.45, 7) is 15.0. The molecular weight excluding hydrogens is 362 g/mol. The fourth-order valence-corrected chi connectivity index (χ4v) is 4.41. The van der Waals surface area contributed by atoms with E-state index in [0.29, 0.717) is 24.0 Å². The van der Waals surface area contributed by atoms with Crippen LogP contribution in [0.15, 0.2) is 18.2 Å². The maximum Gasteiger partial charge on any atom is 0.161 e. The number of nitrogens with two attached hydrogens (primary N) is 1. The average molecular weight is 407 g/mol. The summed E-state index contributed by atoms with van der Waals surface area (Å²) in [7, 11) is 1.71. The Bertz CT molecular complexity index is 602. The molecule has 0 aliphatic carbocycles. The van der Waals surface area contributed by atoms with Crippen molar-refractivity contribution in [3.05, 3.63) is 23.8 Å². The molecule has 2 atom stereocenters. The molecule has 1 aliphatic heterocycles. The number of hydrogen-bond acceptors (Lipinski definition) is 3. The smallest absolute Gasteiger partial charge is 0.161 e. The minimum Gasteiger partial charge on any atom is -0.493 e. The molecule has 1 aromatic rings. The molecule has 0 aromatic heterocycles. The lowest BCUT2D eigenvalue weighted by Crippen LogP contribution is -2.83. The summed E-state index contributed by atoms with van der Waals surface area (Å²) in [5.74, 6) is 3.03. The highest BCUT2D eigenvalue weighted by Crippen LogP contribution is 2.43. The molecule has 0 spiro atoms. The highest BCUT2D eigenvalue weighted by Gasteiger charge is 2.37. The number of ether oxygens (including phenoxy) is 3. The molecule has 0 saturated carbocycles. The van der Waals surface area contributed by atoms with Crippen LogP contribution in [0.25, 0.3) is 0 Å². The minimum atomic E-state index is 0.422. The van der Waals surface area contributed by atoms with Crippen molar-refractivity contribution in [2.75, 3.05) is 26.9 Å². The van der Waals surface area contributed by atoms with Crippen molar-refractivity contribution < 1.29 is 19.5 Å². The van der Waals surface area contributed by atoms with Crippen molar-refractivity contribution in [1.82, 2.24) is 0 Å². The zero-order chi connectivity index (χ0) is 21.3. The first-order valence-corrected chi connectivity index (χ1v) is 11.6. The summed E-state index contributed by atoms with van der Waals surface area (Å²) in [4.78, 5) is 0. The van der Waals surface area contributed by atoms with E-state index in [1.807, 2.05) is 13.0 Å². The number of hydrogen-bond donors (Lipinski definition) is 1. The van der Waals surface area contributed by atoms with Gasteiger partial charge >= 0.3 is 0 Å². The van der Waals surface area contributed by atoms with E-state index in [1.165, 1.54) is 44.2 Å². The average Bonchev–Trinajstić information content (AvgIpc) is 2.71. The monoisotopic (exact) mass is 406 g/mol. The fourth-order valence-electron chi connectivity index (χ4n) is 4.41. The van der Waals surface area contributed by atoms with Gasteiger partial charge in [-0.25, -0.2) is 0 Å². The van der Waals surface area contributed by atoms with Crippen LogP contribution in [0, 0.1) is 17.3 Å². The van der Waals surface area contributed by atoms with Gasteiger partial charge in [-0.2, -0.15) is 0 Å². The van der Waals surface area contributed by atoms with Gasteiger partial charge in [-0.15, -0.1) is 0 Å². The lowest BCUT2D eigenvalue weighted by Gasteiger charge is -2.42. The van der Waals surface area contributed by atoms with E-state index in [9.17, 15) is 0 Å². The van der Waals surface area contributed by atoms with Crippen LogP contribution in [-0.2, 0) is 11.3 Å². The SMILES string of the molecule is CCOc1ccc(C[NH2+]CC[C@@]2(CCC(C)C)CCO[C@@H](C(C)C)C2)cc1OC. The van der Waals surface area contributed by atoms with Gasteiger partial charge in [0.25, 0.3) is 0 Å². The van der Waals surface area contributed by atoms with Crippen LogP contribution < -0.4 is 14.8 Å². The Morgan fingerprint density at radius 1 is 1.17 bits per heavy atom. The van der Waals surface area contributed by atoms with Crippen LogP contribution in [0.2, 0.25) is 0 Å². The van der Waals surface area contributed by atoms with Crippen molar-refractivity contribution >= 4 is 0 Å². The predicted octanol–water partition coefficient (Wildman–Crippen LogP) is 4.81. The van der Waals surface area contributed by atoms with Crippen molar-refractivity contribution in [1.29, 1.82) is 0 Å². The molecule has 1 heterocycles. The van der Waals surface area contributed by atoms with E-state index in [0.717, 1.165) is 30.6 Å². The Labute approximate surface area is 178 Å². The van der Waals surface area contributed by atoms with E-state index in [2.05, 4.69) is 45.1 Å². The highest BCUT2D eigenvalue weighted by molar-refractivity contribution is 5.42. The van der Waals surface area contributed by atoms with Gasteiger partial charge < -0.3 is 19.5 Å². The molecule has 1 aromatic carbocycles. The second kappa shape index (κ2) is 11.8. The summed E-state index contributed by atoms with van der Waals surface area (Å²) in [6.07, 6.45) is 6.80. The number of benzene rings is 1. The van der Waals surface area contributed by atoms with Crippen molar-refractivity contribution in [2.24, 2.45) is 17.3 Å². The third kappa shape index (κ3) is 7.49. The van der Waals surface area contributed by atoms with E-state index in [-0.39, 0.29) is 0 Å². The van der Waals surface area contributed by atoms with E-state index in [4.69, 9.17) is 14.2 Å². The Kier molecular flexibility index (Phi) is 9.78. The van der Waals surface area contributed by atoms with Crippen LogP contribution in [0.5, 0.6) is 11.5 Å². The molecule has 1 aliphatic rings. The third-order valence-electron chi connectivity index (χ3n) is 6.38. The van der Waals surface area contributed by atoms with Crippen LogP contribution >= 0.6 is 0 Å². The quantitative estimate of drug-likeness (QED) is 0.507. The second-order valence-electron chi connectivity index (χ2n) is 9.49. The van der Waals surface area contributed by atoms with E-state index >= 15 is 0 Å². The number of rotatable bonds is 12. The molecule has 0 unspecified atom stereocenters. The molecule has 0 amide bonds. The first kappa shape index (κ1) is 24.0. The Balaban J connectivity index is 1.92. The van der Waals surface area contributed by atoms with Crippen LogP contribution in [0.1, 0.15) is 72.3 Å². The molecule has 29 heavy (non-hydrogen) atoms. The molecule has 1 fully saturated rings. The van der Waals surface area contributed by atoms with Gasteiger partial charge in [-0.3, -0.25) is 0 Å². The number of methoxy groups -OCH3 is 1. The van der Waals surface area contributed by atoms with Crippen molar-refractivity contribution in [3.8, 4) is 11.5 Å². The molecule has 2 rings (SSSR count). The normalized spacial score (nSPS) is 22.3. The Hall–Kier alpha value is -1.26. The highest BCUT2D eigenvalue weighted by atomic mass is 16.5. The summed E-state index contributed by atoms with van der Waals surface area (Å²) >= 11 is 0. The largest absolute Gasteiger partial charge is 0.493 e. The first-order chi connectivity index (χ1) is 13.9. The molecule has 4 heteroatoms. The molecule has 0 bridgehead atoms. The maximum absolute atomic E-state index is 6.10. The Morgan fingerprint density at radius 2 is 1.97 bits per heavy atom. The first-order valence-electron chi connectivity index (χ1n) is 11.6. The standard InChI is InChI=1S/C25H43NO3/c1-7-28-22-9-8-21(16-23(22)27-6)18-26-14-12-25(11-10-19(2)3)13-15-29-24(17-25)20(4)5/h8-9,16,19-20,24,26H,7,10-15,17-18H2,1-6H3/p+1/t24-,25+/m1/s1. The van der Waals surface area contributed by atoms with Crippen LogP contribution in [0.4, 0.5) is 0 Å². The summed E-state index contributed by atoms with van der Waals surface area (Å²) in [6, 6.07) is 6.29. The topological polar surface area (TPSA) is 44.3 Å². The molecule has 1 saturated heterocycles. The van der Waals surface area contributed by atoms with E-state index in [1.54, 1.807) is 7.11 Å². The second-order valence-corrected chi connectivity index (χ2v) is 9.49. The van der Waals surface area contributed by atoms with Crippen molar-refractivity contribution in [2.45, 2.75) is 79.4 Å². The lowest BCUT2D eigenvalue weighted by molar-refractivity contribution is -0.672. The Morgan fingerprint density at radius 3 is 2.62 bits per heavy atom. The molecule has 4 nitrogen and oxygen atoms in total. The molecule has 2 N–H and O–H groups in total. The maximum atomic E-state index is 6.10. The van der Waals surface area contributed by atoms with Crippen molar-refractivity contribution in [3.63, 3.8) is 0 Å². The van der Waals surface area contributed by atoms with Crippen LogP contribution in [0.3, 0.4) is 0 Å². The molecular formula is C25H44NO3+. The van der Waals surface area contributed by atoms with Gasteiger partial charge in [0, 0.05) is 18.6 Å². The van der Waals surface area contributed by atoms with Gasteiger partial charge in [0.15, 0.2) is 11.5 Å². The summed E-state index contributed by atoms with van der Waals surface area (Å²) < 4.78 is 17.2. The summed E-state index contributed by atoms with van der Waals surface area (Å²) in [5.41, 5.74) is 1.73. The van der Waals surface area contributed by atoms with Gasteiger partial charge in [0.05, 0.1) is 26.4 Å².